The molecule has 4 heterocycles. The van der Waals surface area contributed by atoms with Crippen LogP contribution >= 0.6 is 11.6 Å². The van der Waals surface area contributed by atoms with E-state index >= 15 is 9.59 Å². The van der Waals surface area contributed by atoms with Gasteiger partial charge >= 0.3 is 6.18 Å². The first-order valence-electron chi connectivity index (χ1n) is 35.9. The maximum atomic E-state index is 15.2. The highest BCUT2D eigenvalue weighted by Crippen LogP contribution is 2.44. The SMILES string of the molecule is CC[C@H](C)[C@@H]1NC(=O)[C@H](CC(C)C)N(C)C(=O)C[C@@H](C(=O)N2CCCCC2)N(C)C(=O)[C@H](C(C)C)N(C)C(=O)C(C)(C)NC(=O)[C@@H]2CCCN2C(=O)[C@H](CCC2CCC(C(F)(F)F)C(Cl)C2)NC(=O)CN(C)C(=O)[C@H](CC2CCCCC2)N(C)C(=O)[C@@H]2CCN2C(=O)[C@H](C)N(C)C1=O. The smallest absolute Gasteiger partial charge is 0.343 e. The predicted molar refractivity (Wildman–Crippen MR) is 363 cm³/mol. The van der Waals surface area contributed by atoms with Gasteiger partial charge in [-0.1, -0.05) is 80.1 Å². The number of nitrogens with one attached hydrogen (secondary N) is 3. The van der Waals surface area contributed by atoms with E-state index in [9.17, 15) is 61.1 Å². The fourth-order valence-electron chi connectivity index (χ4n) is 15.3. The van der Waals surface area contributed by atoms with Gasteiger partial charge in [0, 0.05) is 73.8 Å². The van der Waals surface area contributed by atoms with Crippen LogP contribution in [0.5, 0.6) is 0 Å². The average Bonchev–Trinajstić information content (AvgIpc) is 0.842. The summed E-state index contributed by atoms with van der Waals surface area (Å²) < 4.78 is 41.9. The molecule has 13 atom stereocenters. The van der Waals surface area contributed by atoms with Crippen LogP contribution < -0.4 is 16.0 Å². The monoisotopic (exact) mass is 1410 g/mol. The van der Waals surface area contributed by atoms with Crippen LogP contribution in [0.1, 0.15) is 191 Å². The first kappa shape index (κ1) is 80.7. The molecular weight excluding hydrogens is 1290 g/mol. The summed E-state index contributed by atoms with van der Waals surface area (Å²) in [7, 11) is 8.54. The van der Waals surface area contributed by atoms with Gasteiger partial charge in [0.05, 0.1) is 18.9 Å². The van der Waals surface area contributed by atoms with Crippen LogP contribution in [0.25, 0.3) is 0 Å². The number of hydrogen-bond acceptors (Lipinski definition) is 12. The number of halogens is 4. The van der Waals surface area contributed by atoms with Crippen LogP contribution in [0.4, 0.5) is 13.2 Å². The first-order chi connectivity index (χ1) is 45.8. The summed E-state index contributed by atoms with van der Waals surface area (Å²) in [6.45, 7) is 15.5. The van der Waals surface area contributed by atoms with Gasteiger partial charge in [-0.2, -0.15) is 13.2 Å². The van der Waals surface area contributed by atoms with E-state index in [-0.39, 0.29) is 88.6 Å². The fourth-order valence-corrected chi connectivity index (χ4v) is 15.9. The normalized spacial score (nSPS) is 30.7. The molecular formula is C70H114ClF3N12O12. The third-order valence-electron chi connectivity index (χ3n) is 22.0. The van der Waals surface area contributed by atoms with Crippen LogP contribution in [-0.2, 0) is 57.5 Å². The standard InChI is InChI=1S/C70H114ClF3N12O12/c1-16-43(6)57-66(96)79(11)44(7)61(91)86-35-31-51(86)64(94)81(13)53(38-45-24-19-17-20-25-45)63(93)78(10)40-55(87)75-49(30-28-46-27-29-47(48(71)37-46)70(72,73)74)62(92)85-34-23-26-50(85)60(90)77-69(8,9)68(98)83(15)58(42(4)5)67(97)82(14)54(65(95)84-32-21-18-22-33-84)39-56(88)80(12)52(36-41(2)3)59(89)76-57/h41-54,57-58H,16-40H2,1-15H3,(H,75,87)(H,76,89)(H,77,90)/t43-,44-,46?,47?,48?,49-,50-,51-,52-,53-,54-,57-,58-/m0/s1. The van der Waals surface area contributed by atoms with Crippen molar-refractivity contribution in [2.24, 2.45) is 35.5 Å². The Bertz CT molecular complexity index is 2870. The molecule has 6 rings (SSSR count). The van der Waals surface area contributed by atoms with Crippen molar-refractivity contribution in [3.8, 4) is 0 Å². The van der Waals surface area contributed by atoms with E-state index in [1.165, 1.54) is 102 Å². The van der Waals surface area contributed by atoms with Gasteiger partial charge in [-0.3, -0.25) is 57.5 Å². The topological polar surface area (TPSA) is 270 Å². The Kier molecular flexibility index (Phi) is 28.7. The van der Waals surface area contributed by atoms with Crippen molar-refractivity contribution < 1.29 is 70.7 Å². The lowest BCUT2D eigenvalue weighted by Gasteiger charge is -2.45. The molecule has 0 spiro atoms. The van der Waals surface area contributed by atoms with E-state index in [0.29, 0.717) is 38.8 Å². The maximum absolute atomic E-state index is 15.2. The van der Waals surface area contributed by atoms with E-state index < -0.39 is 173 Å². The Morgan fingerprint density at radius 3 is 1.81 bits per heavy atom. The number of rotatable bonds is 11. The molecule has 0 radical (unpaired) electrons. The second-order valence-corrected chi connectivity index (χ2v) is 30.9. The minimum atomic E-state index is -4.51. The Morgan fingerprint density at radius 2 is 1.23 bits per heavy atom. The zero-order chi connectivity index (χ0) is 73.2. The quantitative estimate of drug-likeness (QED) is 0.215. The third-order valence-corrected chi connectivity index (χ3v) is 22.5. The van der Waals surface area contributed by atoms with Crippen molar-refractivity contribution in [3.05, 3.63) is 0 Å². The van der Waals surface area contributed by atoms with Crippen LogP contribution in [0, 0.1) is 35.5 Å². The molecule has 12 amide bonds. The van der Waals surface area contributed by atoms with Crippen molar-refractivity contribution in [2.75, 3.05) is 75.0 Å². The van der Waals surface area contributed by atoms with E-state index in [1.807, 2.05) is 20.8 Å². The van der Waals surface area contributed by atoms with Crippen molar-refractivity contribution in [1.29, 1.82) is 0 Å². The first-order valence-corrected chi connectivity index (χ1v) is 36.4. The molecule has 4 aliphatic heterocycles. The van der Waals surface area contributed by atoms with Crippen LogP contribution in [-0.4, -0.2) is 261 Å². The number of amides is 12. The highest BCUT2D eigenvalue weighted by Gasteiger charge is 2.50. The lowest BCUT2D eigenvalue weighted by molar-refractivity contribution is -0.182. The van der Waals surface area contributed by atoms with E-state index in [4.69, 9.17) is 11.6 Å². The molecule has 3 unspecified atom stereocenters. The maximum Gasteiger partial charge on any atom is 0.393 e. The zero-order valence-electron chi connectivity index (χ0n) is 60.9. The summed E-state index contributed by atoms with van der Waals surface area (Å²) in [5.74, 6) is -11.1. The van der Waals surface area contributed by atoms with Crippen molar-refractivity contribution in [2.45, 2.75) is 262 Å². The fraction of sp³-hybridized carbons (Fsp3) is 0.829. The largest absolute Gasteiger partial charge is 0.393 e. The molecule has 0 aromatic carbocycles. The van der Waals surface area contributed by atoms with Gasteiger partial charge < -0.3 is 60.0 Å². The van der Waals surface area contributed by atoms with Gasteiger partial charge in [-0.05, 0) is 134 Å². The summed E-state index contributed by atoms with van der Waals surface area (Å²) in [4.78, 5) is 190. The van der Waals surface area contributed by atoms with E-state index in [1.54, 1.807) is 25.7 Å². The molecule has 0 bridgehead atoms. The van der Waals surface area contributed by atoms with Gasteiger partial charge in [-0.25, -0.2) is 0 Å². The van der Waals surface area contributed by atoms with Gasteiger partial charge in [0.1, 0.15) is 59.9 Å². The number of hydrogen-bond donors (Lipinski definition) is 3. The molecule has 4 saturated heterocycles. The molecule has 0 aromatic rings. The van der Waals surface area contributed by atoms with Crippen molar-refractivity contribution in [3.63, 3.8) is 0 Å². The van der Waals surface area contributed by atoms with Gasteiger partial charge in [-0.15, -0.1) is 11.6 Å². The number of carbonyl (C=O) groups is 12. The summed E-state index contributed by atoms with van der Waals surface area (Å²) in [6.07, 6.45) is 3.04. The Morgan fingerprint density at radius 1 is 0.612 bits per heavy atom. The number of alkyl halides is 4. The molecule has 2 saturated carbocycles. The number of carbonyl (C=O) groups excluding carboxylic acids is 12. The molecule has 3 N–H and O–H groups in total. The molecule has 0 aromatic heterocycles. The lowest BCUT2D eigenvalue weighted by Crippen LogP contribution is -2.65. The van der Waals surface area contributed by atoms with E-state index in [2.05, 4.69) is 16.0 Å². The second kappa shape index (κ2) is 34.9. The summed E-state index contributed by atoms with van der Waals surface area (Å²) in [5.41, 5.74) is -1.76. The highest BCUT2D eigenvalue weighted by molar-refractivity contribution is 6.21. The zero-order valence-corrected chi connectivity index (χ0v) is 61.6. The van der Waals surface area contributed by atoms with Crippen LogP contribution in [0.3, 0.4) is 0 Å². The minimum Gasteiger partial charge on any atom is -0.343 e. The number of piperidine rings is 1. The molecule has 28 heteroatoms. The molecule has 2 aliphatic carbocycles. The van der Waals surface area contributed by atoms with Gasteiger partial charge in [0.15, 0.2) is 0 Å². The molecule has 24 nitrogen and oxygen atoms in total. The number of likely N-dealkylation sites (tertiary alicyclic amines) is 1. The summed E-state index contributed by atoms with van der Waals surface area (Å²) in [5, 5.41) is 7.33. The summed E-state index contributed by atoms with van der Waals surface area (Å²) >= 11 is 6.38. The van der Waals surface area contributed by atoms with Crippen LogP contribution in [0.15, 0.2) is 0 Å². The van der Waals surface area contributed by atoms with Crippen molar-refractivity contribution >= 4 is 82.5 Å². The Hall–Kier alpha value is -6.28. The Balaban J connectivity index is 1.40. The average molecular weight is 1410 g/mol. The highest BCUT2D eigenvalue weighted by atomic mass is 35.5. The minimum absolute atomic E-state index is 0.00590. The third kappa shape index (κ3) is 19.6. The van der Waals surface area contributed by atoms with E-state index in [0.717, 1.165) is 38.5 Å². The Labute approximate surface area is 583 Å². The van der Waals surface area contributed by atoms with Gasteiger partial charge in [0.25, 0.3) is 0 Å². The summed E-state index contributed by atoms with van der Waals surface area (Å²) in [6, 6.07) is -10.9. The number of fused-ring (bicyclic) bond motifs is 2. The van der Waals surface area contributed by atoms with Crippen molar-refractivity contribution in [1.82, 2.24) is 60.0 Å². The molecule has 554 valence electrons. The molecule has 6 aliphatic rings. The molecule has 6 fully saturated rings. The predicted octanol–water partition coefficient (Wildman–Crippen LogP) is 5.56. The second-order valence-electron chi connectivity index (χ2n) is 30.4. The van der Waals surface area contributed by atoms with Crippen LogP contribution in [0.2, 0.25) is 0 Å². The number of likely N-dealkylation sites (N-methyl/N-ethyl adjacent to an activating group) is 6. The van der Waals surface area contributed by atoms with Gasteiger partial charge in [0.2, 0.25) is 70.9 Å². The molecule has 98 heavy (non-hydrogen) atoms. The lowest BCUT2D eigenvalue weighted by atomic mass is 9.78. The number of nitrogens with zero attached hydrogens (tertiary/aromatic N) is 9.